The van der Waals surface area contributed by atoms with Crippen molar-refractivity contribution in [3.63, 3.8) is 0 Å². The van der Waals surface area contributed by atoms with Crippen LogP contribution in [0.4, 0.5) is 11.5 Å². The Morgan fingerprint density at radius 1 is 1.14 bits per heavy atom. The van der Waals surface area contributed by atoms with Gasteiger partial charge in [-0.15, -0.1) is 0 Å². The molecule has 2 aromatic carbocycles. The summed E-state index contributed by atoms with van der Waals surface area (Å²) in [6.45, 7) is 0. The second kappa shape index (κ2) is 5.42. The molecule has 1 amide bonds. The molecule has 104 valence electrons. The van der Waals surface area contributed by atoms with Gasteiger partial charge in [-0.1, -0.05) is 48.0 Å². The standard InChI is InChI=1S/C16H12ClN3O/c17-13-9-19-15(18)8-12(13)16(21)20-14-7-3-5-10-4-1-2-6-11(10)14/h1-9H,(H2,18,19)(H,20,21). The molecule has 1 heterocycles. The van der Waals surface area contributed by atoms with E-state index >= 15 is 0 Å². The topological polar surface area (TPSA) is 68.0 Å². The maximum atomic E-state index is 12.4. The van der Waals surface area contributed by atoms with Gasteiger partial charge in [-0.2, -0.15) is 0 Å². The lowest BCUT2D eigenvalue weighted by Gasteiger charge is -2.10. The van der Waals surface area contributed by atoms with E-state index in [0.29, 0.717) is 5.56 Å². The molecule has 0 atom stereocenters. The Kier molecular flexibility index (Phi) is 3.46. The van der Waals surface area contributed by atoms with Crippen molar-refractivity contribution in [2.45, 2.75) is 0 Å². The summed E-state index contributed by atoms with van der Waals surface area (Å²) in [5, 5.41) is 5.14. The molecule has 0 fully saturated rings. The lowest BCUT2D eigenvalue weighted by atomic mass is 10.1. The number of anilines is 2. The largest absolute Gasteiger partial charge is 0.384 e. The van der Waals surface area contributed by atoms with Crippen LogP contribution in [0, 0.1) is 0 Å². The average molecular weight is 298 g/mol. The number of carbonyl (C=O) groups excluding carboxylic acids is 1. The molecule has 0 radical (unpaired) electrons. The summed E-state index contributed by atoms with van der Waals surface area (Å²) in [5.74, 6) is -0.0621. The highest BCUT2D eigenvalue weighted by atomic mass is 35.5. The monoisotopic (exact) mass is 297 g/mol. The third-order valence-electron chi connectivity index (χ3n) is 3.16. The van der Waals surface area contributed by atoms with Crippen LogP contribution in [0.3, 0.4) is 0 Å². The lowest BCUT2D eigenvalue weighted by Crippen LogP contribution is -2.13. The predicted molar refractivity (Wildman–Crippen MR) is 85.6 cm³/mol. The van der Waals surface area contributed by atoms with Crippen LogP contribution in [0.25, 0.3) is 10.8 Å². The van der Waals surface area contributed by atoms with Crippen LogP contribution in [0.5, 0.6) is 0 Å². The highest BCUT2D eigenvalue weighted by Gasteiger charge is 2.12. The fourth-order valence-electron chi connectivity index (χ4n) is 2.15. The van der Waals surface area contributed by atoms with Gasteiger partial charge in [0.2, 0.25) is 0 Å². The van der Waals surface area contributed by atoms with E-state index in [0.717, 1.165) is 16.5 Å². The van der Waals surface area contributed by atoms with Gasteiger partial charge in [0.25, 0.3) is 5.91 Å². The number of nitrogens with one attached hydrogen (secondary N) is 1. The lowest BCUT2D eigenvalue weighted by molar-refractivity contribution is 0.102. The summed E-state index contributed by atoms with van der Waals surface area (Å²) in [6, 6.07) is 15.0. The second-order valence-corrected chi connectivity index (χ2v) is 4.98. The number of amides is 1. The minimum Gasteiger partial charge on any atom is -0.384 e. The predicted octanol–water partition coefficient (Wildman–Crippen LogP) is 3.72. The number of aromatic nitrogens is 1. The average Bonchev–Trinajstić information content (AvgIpc) is 2.50. The Hall–Kier alpha value is -2.59. The third kappa shape index (κ3) is 2.66. The van der Waals surface area contributed by atoms with Crippen LogP contribution >= 0.6 is 11.6 Å². The number of nitrogen functional groups attached to an aromatic ring is 1. The fraction of sp³-hybridized carbons (Fsp3) is 0. The summed E-state index contributed by atoms with van der Waals surface area (Å²) >= 11 is 6.00. The van der Waals surface area contributed by atoms with E-state index in [1.807, 2.05) is 42.5 Å². The Morgan fingerprint density at radius 2 is 1.90 bits per heavy atom. The zero-order chi connectivity index (χ0) is 14.8. The molecule has 0 bridgehead atoms. The van der Waals surface area contributed by atoms with Crippen molar-refractivity contribution in [1.29, 1.82) is 0 Å². The summed E-state index contributed by atoms with van der Waals surface area (Å²) < 4.78 is 0. The van der Waals surface area contributed by atoms with Gasteiger partial charge in [0.15, 0.2) is 0 Å². The molecule has 3 aromatic rings. The van der Waals surface area contributed by atoms with Crippen molar-refractivity contribution >= 4 is 39.8 Å². The normalized spacial score (nSPS) is 10.5. The fourth-order valence-corrected chi connectivity index (χ4v) is 2.34. The van der Waals surface area contributed by atoms with Gasteiger partial charge < -0.3 is 11.1 Å². The molecule has 3 rings (SSSR count). The van der Waals surface area contributed by atoms with E-state index in [2.05, 4.69) is 10.3 Å². The molecule has 5 heteroatoms. The number of hydrogen-bond acceptors (Lipinski definition) is 3. The molecule has 0 spiro atoms. The molecular formula is C16H12ClN3O. The minimum atomic E-state index is -0.314. The van der Waals surface area contributed by atoms with Gasteiger partial charge in [-0.05, 0) is 17.5 Å². The SMILES string of the molecule is Nc1cc(C(=O)Nc2cccc3ccccc23)c(Cl)cn1. The third-order valence-corrected chi connectivity index (χ3v) is 3.46. The summed E-state index contributed by atoms with van der Waals surface area (Å²) in [4.78, 5) is 16.2. The van der Waals surface area contributed by atoms with Gasteiger partial charge in [-0.3, -0.25) is 4.79 Å². The molecule has 0 aliphatic rings. The van der Waals surface area contributed by atoms with E-state index in [1.54, 1.807) is 0 Å². The van der Waals surface area contributed by atoms with Crippen LogP contribution in [0.15, 0.2) is 54.7 Å². The van der Waals surface area contributed by atoms with Gasteiger partial charge in [-0.25, -0.2) is 4.98 Å². The number of nitrogens with zero attached hydrogens (tertiary/aromatic N) is 1. The molecule has 0 unspecified atom stereocenters. The molecule has 0 aliphatic heterocycles. The number of carbonyl (C=O) groups is 1. The summed E-state index contributed by atoms with van der Waals surface area (Å²) in [7, 11) is 0. The van der Waals surface area contributed by atoms with E-state index in [1.165, 1.54) is 12.3 Å². The first-order valence-electron chi connectivity index (χ1n) is 6.35. The van der Waals surface area contributed by atoms with Crippen molar-refractivity contribution in [1.82, 2.24) is 4.98 Å². The van der Waals surface area contributed by atoms with Crippen molar-refractivity contribution < 1.29 is 4.79 Å². The number of halogens is 1. The van der Waals surface area contributed by atoms with Crippen LogP contribution < -0.4 is 11.1 Å². The summed E-state index contributed by atoms with van der Waals surface area (Å²) in [5.41, 5.74) is 6.63. The number of nitrogens with two attached hydrogens (primary N) is 1. The van der Waals surface area contributed by atoms with E-state index in [-0.39, 0.29) is 16.7 Å². The highest BCUT2D eigenvalue weighted by molar-refractivity contribution is 6.34. The Morgan fingerprint density at radius 3 is 2.76 bits per heavy atom. The zero-order valence-corrected chi connectivity index (χ0v) is 11.8. The van der Waals surface area contributed by atoms with Gasteiger partial charge in [0.05, 0.1) is 10.6 Å². The van der Waals surface area contributed by atoms with Gasteiger partial charge >= 0.3 is 0 Å². The van der Waals surface area contributed by atoms with Crippen LogP contribution in [-0.4, -0.2) is 10.9 Å². The minimum absolute atomic E-state index is 0.252. The first kappa shape index (κ1) is 13.4. The molecule has 0 saturated carbocycles. The number of pyridine rings is 1. The Labute approximate surface area is 126 Å². The molecule has 3 N–H and O–H groups in total. The number of hydrogen-bond donors (Lipinski definition) is 2. The van der Waals surface area contributed by atoms with Gasteiger partial charge in [0, 0.05) is 17.3 Å². The van der Waals surface area contributed by atoms with Crippen molar-refractivity contribution in [2.24, 2.45) is 0 Å². The zero-order valence-electron chi connectivity index (χ0n) is 11.0. The first-order chi connectivity index (χ1) is 10.1. The smallest absolute Gasteiger partial charge is 0.257 e. The van der Waals surface area contributed by atoms with Crippen LogP contribution in [0.2, 0.25) is 5.02 Å². The van der Waals surface area contributed by atoms with Crippen molar-refractivity contribution in [2.75, 3.05) is 11.1 Å². The maximum absolute atomic E-state index is 12.4. The molecule has 1 aromatic heterocycles. The highest BCUT2D eigenvalue weighted by Crippen LogP contribution is 2.24. The Balaban J connectivity index is 1.99. The second-order valence-electron chi connectivity index (χ2n) is 4.57. The summed E-state index contributed by atoms with van der Waals surface area (Å²) in [6.07, 6.45) is 1.37. The number of benzene rings is 2. The van der Waals surface area contributed by atoms with E-state index < -0.39 is 0 Å². The maximum Gasteiger partial charge on any atom is 0.257 e. The van der Waals surface area contributed by atoms with Crippen LogP contribution in [0.1, 0.15) is 10.4 Å². The Bertz CT molecular complexity index is 827. The molecule has 0 aliphatic carbocycles. The van der Waals surface area contributed by atoms with Crippen LogP contribution in [-0.2, 0) is 0 Å². The molecule has 0 saturated heterocycles. The van der Waals surface area contributed by atoms with Crippen molar-refractivity contribution in [3.8, 4) is 0 Å². The van der Waals surface area contributed by atoms with Crippen molar-refractivity contribution in [3.05, 3.63) is 65.3 Å². The number of fused-ring (bicyclic) bond motifs is 1. The number of rotatable bonds is 2. The van der Waals surface area contributed by atoms with Gasteiger partial charge in [0.1, 0.15) is 5.82 Å². The quantitative estimate of drug-likeness (QED) is 0.757. The molecule has 21 heavy (non-hydrogen) atoms. The molecular weight excluding hydrogens is 286 g/mol. The van der Waals surface area contributed by atoms with E-state index in [9.17, 15) is 4.79 Å². The van der Waals surface area contributed by atoms with E-state index in [4.69, 9.17) is 17.3 Å². The molecule has 4 nitrogen and oxygen atoms in total. The first-order valence-corrected chi connectivity index (χ1v) is 6.73.